The van der Waals surface area contributed by atoms with Crippen LogP contribution >= 0.6 is 15.6 Å². The summed E-state index contributed by atoms with van der Waals surface area (Å²) in [6.07, 6.45) is 87.3. The molecule has 0 saturated carbocycles. The van der Waals surface area contributed by atoms with E-state index in [4.69, 9.17) is 37.0 Å². The quantitative estimate of drug-likeness (QED) is 0.0169. The van der Waals surface area contributed by atoms with E-state index in [0.29, 0.717) is 25.7 Å². The van der Waals surface area contributed by atoms with E-state index in [9.17, 15) is 43.2 Å². The van der Waals surface area contributed by atoms with E-state index in [2.05, 4.69) is 149 Å². The number of hydrogen-bond donors (Lipinski definition) is 3. The molecule has 5 atom stereocenters. The Bertz CT molecular complexity index is 2480. The lowest BCUT2D eigenvalue weighted by molar-refractivity contribution is -0.161. The number of phosphoric acid groups is 2. The van der Waals surface area contributed by atoms with Crippen LogP contribution in [0, 0.1) is 0 Å². The zero-order chi connectivity index (χ0) is 77.4. The molecule has 0 aliphatic rings. The summed E-state index contributed by atoms with van der Waals surface area (Å²) in [5.74, 6) is -2.21. The Morgan fingerprint density at radius 3 is 0.774 bits per heavy atom. The fourth-order valence-electron chi connectivity index (χ4n) is 11.1. The Morgan fingerprint density at radius 1 is 0.274 bits per heavy atom. The Kier molecular flexibility index (Phi) is 75.2. The van der Waals surface area contributed by atoms with Gasteiger partial charge in [-0.15, -0.1) is 0 Å². The van der Waals surface area contributed by atoms with Crippen LogP contribution in [0.4, 0.5) is 0 Å². The van der Waals surface area contributed by atoms with Crippen LogP contribution in [0.5, 0.6) is 0 Å². The number of unbranched alkanes of at least 4 members (excludes halogenated alkanes) is 32. The van der Waals surface area contributed by atoms with Crippen molar-refractivity contribution in [1.29, 1.82) is 0 Å². The summed E-state index contributed by atoms with van der Waals surface area (Å²) in [6.45, 7) is 4.62. The molecule has 0 rings (SSSR count). The highest BCUT2D eigenvalue weighted by molar-refractivity contribution is 7.47. The van der Waals surface area contributed by atoms with E-state index >= 15 is 0 Å². The highest BCUT2D eigenvalue weighted by Crippen LogP contribution is 2.45. The van der Waals surface area contributed by atoms with Crippen molar-refractivity contribution in [3.05, 3.63) is 122 Å². The van der Waals surface area contributed by atoms with Crippen molar-refractivity contribution in [1.82, 2.24) is 0 Å². The van der Waals surface area contributed by atoms with Crippen molar-refractivity contribution in [2.75, 3.05) is 39.6 Å². The lowest BCUT2D eigenvalue weighted by atomic mass is 10.0. The van der Waals surface area contributed by atoms with Crippen LogP contribution in [0.2, 0.25) is 0 Å². The van der Waals surface area contributed by atoms with Gasteiger partial charge in [0.25, 0.3) is 0 Å². The normalized spacial score (nSPS) is 14.4. The van der Waals surface area contributed by atoms with Gasteiger partial charge in [0.2, 0.25) is 0 Å². The van der Waals surface area contributed by atoms with E-state index in [1.54, 1.807) is 0 Å². The number of carbonyl (C=O) groups excluding carboxylic acids is 4. The Morgan fingerprint density at radius 2 is 0.491 bits per heavy atom. The van der Waals surface area contributed by atoms with Crippen LogP contribution in [0.25, 0.3) is 0 Å². The number of allylic oxidation sites excluding steroid dienone is 20. The third-order valence-electron chi connectivity index (χ3n) is 17.4. The summed E-state index contributed by atoms with van der Waals surface area (Å²) in [4.78, 5) is 73.2. The van der Waals surface area contributed by atoms with Gasteiger partial charge in [-0.3, -0.25) is 37.3 Å². The van der Waals surface area contributed by atoms with Gasteiger partial charge >= 0.3 is 39.5 Å². The predicted molar refractivity (Wildman–Crippen MR) is 436 cm³/mol. The zero-order valence-corrected chi connectivity index (χ0v) is 68.6. The minimum Gasteiger partial charge on any atom is -0.462 e. The van der Waals surface area contributed by atoms with Crippen LogP contribution in [-0.4, -0.2) is 96.7 Å². The van der Waals surface area contributed by atoms with Gasteiger partial charge in [0, 0.05) is 25.7 Å². The average Bonchev–Trinajstić information content (AvgIpc) is 0.903. The van der Waals surface area contributed by atoms with Crippen molar-refractivity contribution in [2.45, 2.75) is 367 Å². The lowest BCUT2D eigenvalue weighted by Crippen LogP contribution is -2.30. The molecule has 610 valence electrons. The van der Waals surface area contributed by atoms with Crippen LogP contribution in [0.1, 0.15) is 349 Å². The molecular formula is C87H150O17P2. The highest BCUT2D eigenvalue weighted by Gasteiger charge is 2.30. The number of esters is 4. The SMILES string of the molecule is CC/C=C\C/C=C\C/C=C\C/C=C\CCCCCCCCC(=O)OCC(COP(=O)(O)OCC(O)COP(=O)(O)OCC(COC(=O)CCCCCCC/C=C\C/C=C\C/C=C\CC)OC(=O)CCCCCCCCCCCCCCC)OC(=O)CCCCCCCC/C=C\C/C=C\C/C=C\CCCCC. The fraction of sp³-hybridized carbons (Fsp3) is 0.724. The van der Waals surface area contributed by atoms with Crippen molar-refractivity contribution in [3.63, 3.8) is 0 Å². The highest BCUT2D eigenvalue weighted by atomic mass is 31.2. The number of ether oxygens (including phenoxy) is 4. The number of aliphatic hydroxyl groups excluding tert-OH is 1. The largest absolute Gasteiger partial charge is 0.472 e. The minimum atomic E-state index is -4.99. The van der Waals surface area contributed by atoms with Gasteiger partial charge < -0.3 is 33.8 Å². The molecule has 0 fully saturated rings. The first-order valence-corrected chi connectivity index (χ1v) is 44.8. The molecule has 0 amide bonds. The Hall–Kier alpha value is -4.54. The maximum Gasteiger partial charge on any atom is 0.472 e. The molecule has 0 aromatic rings. The molecule has 0 aliphatic heterocycles. The first-order valence-electron chi connectivity index (χ1n) is 41.8. The van der Waals surface area contributed by atoms with Crippen molar-refractivity contribution >= 4 is 39.5 Å². The molecule has 0 heterocycles. The molecule has 0 radical (unpaired) electrons. The summed E-state index contributed by atoms with van der Waals surface area (Å²) >= 11 is 0. The smallest absolute Gasteiger partial charge is 0.462 e. The molecule has 0 saturated heterocycles. The Labute approximate surface area is 644 Å². The van der Waals surface area contributed by atoms with Crippen molar-refractivity contribution in [2.24, 2.45) is 0 Å². The lowest BCUT2D eigenvalue weighted by Gasteiger charge is -2.21. The summed E-state index contributed by atoms with van der Waals surface area (Å²) < 4.78 is 68.7. The molecule has 0 bridgehead atoms. The van der Waals surface area contributed by atoms with E-state index < -0.39 is 97.5 Å². The van der Waals surface area contributed by atoms with Crippen LogP contribution in [-0.2, 0) is 65.4 Å². The average molecular weight is 1530 g/mol. The first-order chi connectivity index (χ1) is 51.7. The van der Waals surface area contributed by atoms with E-state index in [-0.39, 0.29) is 25.7 Å². The van der Waals surface area contributed by atoms with Gasteiger partial charge in [0.15, 0.2) is 12.2 Å². The van der Waals surface area contributed by atoms with Crippen LogP contribution < -0.4 is 0 Å². The standard InChI is InChI=1S/C87H150O17P2/c1-5-9-13-17-21-25-29-33-36-38-40-42-45-49-52-56-60-64-68-72-85(90)98-78-83(104-87(92)74-70-66-62-58-54-50-46-43-41-39-37-34-30-26-22-18-14-10-6-2)80-102-106(95,96)100-76-81(88)75-99-105(93,94)101-79-82(103-86(91)73-69-65-61-57-53-47-32-28-24-20-16-12-8-4)77-97-84(89)71-67-63-59-55-51-48-44-35-31-27-23-19-15-11-7-3/h9,11,13,15,21-23,25-27,33-37,40-44,81-83,88H,5-8,10,12,14,16-20,24,28-32,38-39,45-80H2,1-4H3,(H,93,94)(H,95,96)/b13-9-,15-11-,25-21-,26-22-,27-23-,36-33-,37-34-,42-40-,43-41-,44-35-. The monoisotopic (exact) mass is 1530 g/mol. The summed E-state index contributed by atoms with van der Waals surface area (Å²) in [7, 11) is -9.97. The number of rotatable bonds is 78. The van der Waals surface area contributed by atoms with Gasteiger partial charge in [-0.1, -0.05) is 310 Å². The third kappa shape index (κ3) is 77.6. The predicted octanol–water partition coefficient (Wildman–Crippen LogP) is 24.7. The van der Waals surface area contributed by atoms with Crippen molar-refractivity contribution in [3.8, 4) is 0 Å². The van der Waals surface area contributed by atoms with Gasteiger partial charge in [-0.25, -0.2) is 9.13 Å². The summed E-state index contributed by atoms with van der Waals surface area (Å²) in [5.41, 5.74) is 0. The summed E-state index contributed by atoms with van der Waals surface area (Å²) in [5, 5.41) is 10.7. The number of phosphoric ester groups is 2. The first kappa shape index (κ1) is 101. The van der Waals surface area contributed by atoms with E-state index in [0.717, 1.165) is 199 Å². The molecule has 0 aliphatic carbocycles. The van der Waals surface area contributed by atoms with Crippen LogP contribution in [0.3, 0.4) is 0 Å². The maximum atomic E-state index is 13.1. The zero-order valence-electron chi connectivity index (χ0n) is 66.8. The van der Waals surface area contributed by atoms with E-state index in [1.807, 2.05) is 0 Å². The van der Waals surface area contributed by atoms with Gasteiger partial charge in [-0.2, -0.15) is 0 Å². The molecule has 0 spiro atoms. The molecule has 0 aromatic heterocycles. The van der Waals surface area contributed by atoms with Gasteiger partial charge in [0.1, 0.15) is 19.3 Å². The molecule has 5 unspecified atom stereocenters. The fourth-order valence-corrected chi connectivity index (χ4v) is 12.7. The second-order valence-corrected chi connectivity index (χ2v) is 30.6. The molecule has 19 heteroatoms. The van der Waals surface area contributed by atoms with E-state index in [1.165, 1.54) is 70.6 Å². The second kappa shape index (κ2) is 78.6. The third-order valence-corrected chi connectivity index (χ3v) is 19.3. The Balaban J connectivity index is 5.39. The molecular weight excluding hydrogens is 1380 g/mol. The number of carbonyl (C=O) groups is 4. The molecule has 17 nitrogen and oxygen atoms in total. The van der Waals surface area contributed by atoms with Crippen LogP contribution in [0.15, 0.2) is 122 Å². The number of hydrogen-bond acceptors (Lipinski definition) is 15. The molecule has 3 N–H and O–H groups in total. The van der Waals surface area contributed by atoms with Crippen molar-refractivity contribution < 1.29 is 80.2 Å². The molecule has 0 aromatic carbocycles. The maximum absolute atomic E-state index is 13.1. The summed E-state index contributed by atoms with van der Waals surface area (Å²) in [6, 6.07) is 0. The molecule has 106 heavy (non-hydrogen) atoms. The number of aliphatic hydroxyl groups is 1. The minimum absolute atomic E-state index is 0.0752. The second-order valence-electron chi connectivity index (χ2n) is 27.7. The topological polar surface area (TPSA) is 237 Å². The van der Waals surface area contributed by atoms with Gasteiger partial charge in [0.05, 0.1) is 26.4 Å². The van der Waals surface area contributed by atoms with Gasteiger partial charge in [-0.05, 0) is 135 Å².